The maximum Gasteiger partial charge on any atom is 0.350 e. The number of esters is 1. The number of ether oxygens (including phenoxy) is 2. The van der Waals surface area contributed by atoms with E-state index in [1.807, 2.05) is 4.90 Å². The largest absolute Gasteiger partial charge is 0.465 e. The maximum atomic E-state index is 14.1. The predicted molar refractivity (Wildman–Crippen MR) is 146 cm³/mol. The van der Waals surface area contributed by atoms with Crippen molar-refractivity contribution in [1.82, 2.24) is 0 Å². The Morgan fingerprint density at radius 1 is 1.09 bits per heavy atom. The zero-order chi connectivity index (χ0) is 24.8. The topological polar surface area (TPSA) is 55.8 Å². The zero-order valence-electron chi connectivity index (χ0n) is 21.6. The molecule has 35 heavy (non-hydrogen) atoms. The van der Waals surface area contributed by atoms with Crippen LogP contribution in [0.3, 0.4) is 0 Å². The summed E-state index contributed by atoms with van der Waals surface area (Å²) in [6, 6.07) is 2.22. The lowest BCUT2D eigenvalue weighted by Crippen LogP contribution is -2.47. The highest BCUT2D eigenvalue weighted by Crippen LogP contribution is 2.42. The van der Waals surface area contributed by atoms with Crippen molar-refractivity contribution in [2.45, 2.75) is 96.1 Å². The summed E-state index contributed by atoms with van der Waals surface area (Å²) in [5.41, 5.74) is 2.09. The highest BCUT2D eigenvalue weighted by atomic mass is 32.2. The van der Waals surface area contributed by atoms with Crippen LogP contribution in [-0.4, -0.2) is 43.3 Å². The predicted octanol–water partition coefficient (Wildman–Crippen LogP) is 7.30. The van der Waals surface area contributed by atoms with E-state index in [1.165, 1.54) is 36.9 Å². The molecule has 0 aliphatic heterocycles. The zero-order valence-corrected chi connectivity index (χ0v) is 23.2. The second kappa shape index (κ2) is 12.8. The van der Waals surface area contributed by atoms with Crippen molar-refractivity contribution in [3.8, 4) is 0 Å². The van der Waals surface area contributed by atoms with Gasteiger partial charge in [-0.3, -0.25) is 4.79 Å². The summed E-state index contributed by atoms with van der Waals surface area (Å²) in [6.45, 7) is 2.28. The van der Waals surface area contributed by atoms with Crippen LogP contribution in [0.4, 0.5) is 5.69 Å². The Morgan fingerprint density at radius 3 is 2.46 bits per heavy atom. The minimum absolute atomic E-state index is 0.0411. The third kappa shape index (κ3) is 6.53. The molecule has 0 atom stereocenters. The van der Waals surface area contributed by atoms with Crippen LogP contribution in [0, 0.1) is 11.8 Å². The molecule has 0 N–H and O–H groups in total. The Hall–Kier alpha value is -1.31. The van der Waals surface area contributed by atoms with Crippen molar-refractivity contribution in [2.24, 2.45) is 11.8 Å². The number of methoxy groups -OCH3 is 1. The molecule has 2 fully saturated rings. The fourth-order valence-electron chi connectivity index (χ4n) is 5.85. The average molecular weight is 520 g/mol. The van der Waals surface area contributed by atoms with Crippen LogP contribution in [0.25, 0.3) is 5.57 Å². The second-order valence-corrected chi connectivity index (χ2v) is 12.3. The van der Waals surface area contributed by atoms with Crippen molar-refractivity contribution >= 4 is 46.2 Å². The highest BCUT2D eigenvalue weighted by Gasteiger charge is 2.38. The number of thiophene rings is 1. The van der Waals surface area contributed by atoms with Gasteiger partial charge < -0.3 is 14.4 Å². The summed E-state index contributed by atoms with van der Waals surface area (Å²) >= 11 is 3.21. The van der Waals surface area contributed by atoms with Gasteiger partial charge in [-0.05, 0) is 101 Å². The first-order chi connectivity index (χ1) is 17.0. The second-order valence-electron chi connectivity index (χ2n) is 10.5. The SMILES string of the molecule is COC(=O)c1sc(C2=CCCCC2)cc1N(C(=O)C1CCC(C)CC1)C1CCC(OCSC)CC1. The molecule has 0 bridgehead atoms. The Bertz CT molecular complexity index is 895. The molecule has 1 amide bonds. The van der Waals surface area contributed by atoms with Gasteiger partial charge in [0.05, 0.1) is 24.8 Å². The number of amides is 1. The number of hydrogen-bond donors (Lipinski definition) is 0. The van der Waals surface area contributed by atoms with Crippen molar-refractivity contribution < 1.29 is 19.1 Å². The molecule has 194 valence electrons. The van der Waals surface area contributed by atoms with Gasteiger partial charge in [-0.1, -0.05) is 13.0 Å². The molecule has 3 aliphatic carbocycles. The lowest BCUT2D eigenvalue weighted by atomic mass is 9.81. The number of nitrogens with zero attached hydrogens (tertiary/aromatic N) is 1. The van der Waals surface area contributed by atoms with Crippen molar-refractivity contribution in [2.75, 3.05) is 24.2 Å². The lowest BCUT2D eigenvalue weighted by molar-refractivity contribution is -0.124. The van der Waals surface area contributed by atoms with Crippen molar-refractivity contribution in [1.29, 1.82) is 0 Å². The number of carbonyl (C=O) groups is 2. The number of allylic oxidation sites excluding steroid dienone is 2. The van der Waals surface area contributed by atoms with Gasteiger partial charge in [-0.25, -0.2) is 4.79 Å². The summed E-state index contributed by atoms with van der Waals surface area (Å²) in [6.07, 6.45) is 16.9. The first-order valence-electron chi connectivity index (χ1n) is 13.4. The Kier molecular flexibility index (Phi) is 9.76. The van der Waals surface area contributed by atoms with Gasteiger partial charge in [0.15, 0.2) is 0 Å². The van der Waals surface area contributed by atoms with Crippen molar-refractivity contribution in [3.05, 3.63) is 21.9 Å². The molecule has 2 saturated carbocycles. The molecule has 0 unspecified atom stereocenters. The maximum absolute atomic E-state index is 14.1. The highest BCUT2D eigenvalue weighted by molar-refractivity contribution is 7.98. The van der Waals surface area contributed by atoms with Crippen LogP contribution in [0.2, 0.25) is 0 Å². The monoisotopic (exact) mass is 519 g/mol. The molecule has 4 rings (SSSR count). The molecule has 0 radical (unpaired) electrons. The standard InChI is InChI=1S/C28H41NO4S2/c1-19-9-11-21(12-10-19)27(30)29(22-13-15-23(16-14-22)33-18-34-3)24-17-25(20-7-5-4-6-8-20)35-26(24)28(31)32-2/h7,17,19,21-23H,4-6,8-16,18H2,1-3H3. The van der Waals surface area contributed by atoms with E-state index in [-0.39, 0.29) is 29.9 Å². The van der Waals surface area contributed by atoms with Crippen LogP contribution in [0.15, 0.2) is 12.1 Å². The minimum Gasteiger partial charge on any atom is -0.465 e. The van der Waals surface area contributed by atoms with E-state index in [0.29, 0.717) is 16.7 Å². The number of rotatable bonds is 8. The molecule has 1 heterocycles. The van der Waals surface area contributed by atoms with Gasteiger partial charge >= 0.3 is 5.97 Å². The van der Waals surface area contributed by atoms with Crippen LogP contribution in [-0.2, 0) is 14.3 Å². The Balaban J connectivity index is 1.66. The first kappa shape index (κ1) is 26.7. The number of hydrogen-bond acceptors (Lipinski definition) is 6. The summed E-state index contributed by atoms with van der Waals surface area (Å²) in [5, 5.41) is 0. The van der Waals surface area contributed by atoms with E-state index < -0.39 is 0 Å². The molecule has 1 aromatic rings. The van der Waals surface area contributed by atoms with E-state index in [0.717, 1.165) is 74.8 Å². The van der Waals surface area contributed by atoms with Gasteiger partial charge in [0.25, 0.3) is 0 Å². The molecular weight excluding hydrogens is 478 g/mol. The number of carbonyl (C=O) groups excluding carboxylic acids is 2. The molecule has 5 nitrogen and oxygen atoms in total. The van der Waals surface area contributed by atoms with Gasteiger partial charge in [0.2, 0.25) is 5.91 Å². The van der Waals surface area contributed by atoms with E-state index in [2.05, 4.69) is 25.3 Å². The Morgan fingerprint density at radius 2 is 1.83 bits per heavy atom. The van der Waals surface area contributed by atoms with E-state index in [1.54, 1.807) is 11.8 Å². The summed E-state index contributed by atoms with van der Waals surface area (Å²) < 4.78 is 11.2. The molecule has 1 aromatic heterocycles. The summed E-state index contributed by atoms with van der Waals surface area (Å²) in [5.74, 6) is 1.32. The van der Waals surface area contributed by atoms with Crippen LogP contribution >= 0.6 is 23.1 Å². The minimum atomic E-state index is -0.334. The fraction of sp³-hybridized carbons (Fsp3) is 0.714. The van der Waals surface area contributed by atoms with Crippen LogP contribution in [0.5, 0.6) is 0 Å². The molecule has 0 aromatic carbocycles. The number of thioether (sulfide) groups is 1. The molecule has 7 heteroatoms. The molecular formula is C28H41NO4S2. The lowest BCUT2D eigenvalue weighted by Gasteiger charge is -2.39. The molecule has 0 spiro atoms. The smallest absolute Gasteiger partial charge is 0.350 e. The molecule has 3 aliphatic rings. The average Bonchev–Trinajstić information content (AvgIpc) is 3.33. The summed E-state index contributed by atoms with van der Waals surface area (Å²) in [4.78, 5) is 30.8. The van der Waals surface area contributed by atoms with Gasteiger partial charge in [-0.15, -0.1) is 23.1 Å². The van der Waals surface area contributed by atoms with Gasteiger partial charge in [0.1, 0.15) is 4.88 Å². The van der Waals surface area contributed by atoms with Gasteiger partial charge in [0, 0.05) is 16.8 Å². The fourth-order valence-corrected chi connectivity index (χ4v) is 7.32. The van der Waals surface area contributed by atoms with E-state index in [4.69, 9.17) is 9.47 Å². The number of anilines is 1. The van der Waals surface area contributed by atoms with Crippen molar-refractivity contribution in [3.63, 3.8) is 0 Å². The summed E-state index contributed by atoms with van der Waals surface area (Å²) in [7, 11) is 1.44. The van der Waals surface area contributed by atoms with Crippen LogP contribution in [0.1, 0.15) is 98.5 Å². The third-order valence-electron chi connectivity index (χ3n) is 7.98. The third-order valence-corrected chi connectivity index (χ3v) is 9.53. The van der Waals surface area contributed by atoms with E-state index in [9.17, 15) is 9.59 Å². The van der Waals surface area contributed by atoms with Gasteiger partial charge in [-0.2, -0.15) is 0 Å². The molecule has 0 saturated heterocycles. The first-order valence-corrected chi connectivity index (χ1v) is 15.6. The Labute approximate surface area is 219 Å². The normalized spacial score (nSPS) is 27.2. The van der Waals surface area contributed by atoms with E-state index >= 15 is 0 Å². The quantitative estimate of drug-likeness (QED) is 0.266. The van der Waals surface area contributed by atoms with Crippen LogP contribution < -0.4 is 4.90 Å².